The summed E-state index contributed by atoms with van der Waals surface area (Å²) < 4.78 is 13.8. The fraction of sp³-hybridized carbons (Fsp3) is 0.222. The van der Waals surface area contributed by atoms with Crippen molar-refractivity contribution in [3.63, 3.8) is 0 Å². The highest BCUT2D eigenvalue weighted by molar-refractivity contribution is 6.42. The van der Waals surface area contributed by atoms with Crippen molar-refractivity contribution in [3.8, 4) is 6.07 Å². The van der Waals surface area contributed by atoms with Crippen LogP contribution in [0.25, 0.3) is 0 Å². The Labute approximate surface area is 156 Å². The average Bonchev–Trinajstić information content (AvgIpc) is 2.61. The molecule has 0 aliphatic rings. The van der Waals surface area contributed by atoms with Gasteiger partial charge in [-0.15, -0.1) is 0 Å². The first-order valence-electron chi connectivity index (χ1n) is 7.55. The van der Waals surface area contributed by atoms with Gasteiger partial charge in [-0.05, 0) is 42.8 Å². The number of halogens is 3. The quantitative estimate of drug-likeness (QED) is 0.610. The van der Waals surface area contributed by atoms with Crippen molar-refractivity contribution in [2.75, 3.05) is 7.05 Å². The molecule has 0 aliphatic heterocycles. The number of hydrogen-bond donors (Lipinski definition) is 2. The van der Waals surface area contributed by atoms with E-state index in [-0.39, 0.29) is 18.4 Å². The number of nitriles is 1. The predicted molar refractivity (Wildman–Crippen MR) is 99.3 cm³/mol. The molecule has 0 bridgehead atoms. The van der Waals surface area contributed by atoms with E-state index < -0.39 is 0 Å². The maximum absolute atomic E-state index is 13.8. The number of hydrogen-bond acceptors (Lipinski definition) is 2. The molecular weight excluding hydrogens is 362 g/mol. The van der Waals surface area contributed by atoms with E-state index in [0.717, 1.165) is 5.56 Å². The van der Waals surface area contributed by atoms with Gasteiger partial charge in [0.2, 0.25) is 0 Å². The average molecular weight is 379 g/mol. The SMILES string of the molecule is CN=C(NCc1cc(C#N)ccc1F)NC(C)c1ccc(Cl)c(Cl)c1. The Balaban J connectivity index is 2.03. The molecule has 1 unspecified atom stereocenters. The van der Waals surface area contributed by atoms with Crippen LogP contribution in [-0.2, 0) is 6.54 Å². The molecule has 2 aromatic carbocycles. The van der Waals surface area contributed by atoms with Gasteiger partial charge in [-0.25, -0.2) is 4.39 Å². The van der Waals surface area contributed by atoms with E-state index in [1.54, 1.807) is 19.2 Å². The van der Waals surface area contributed by atoms with Crippen LogP contribution in [0.1, 0.15) is 29.7 Å². The van der Waals surface area contributed by atoms with Crippen LogP contribution in [0.4, 0.5) is 4.39 Å². The fourth-order valence-electron chi connectivity index (χ4n) is 2.22. The van der Waals surface area contributed by atoms with Crippen LogP contribution in [0.15, 0.2) is 41.4 Å². The maximum atomic E-state index is 13.8. The molecule has 7 heteroatoms. The number of rotatable bonds is 4. The van der Waals surface area contributed by atoms with Gasteiger partial charge in [0.05, 0.1) is 27.7 Å². The van der Waals surface area contributed by atoms with Crippen LogP contribution >= 0.6 is 23.2 Å². The summed E-state index contributed by atoms with van der Waals surface area (Å²) in [5.41, 5.74) is 1.74. The first-order chi connectivity index (χ1) is 11.9. The van der Waals surface area contributed by atoms with Gasteiger partial charge in [-0.3, -0.25) is 4.99 Å². The minimum atomic E-state index is -0.375. The summed E-state index contributed by atoms with van der Waals surface area (Å²) in [6, 6.07) is 11.5. The van der Waals surface area contributed by atoms with Gasteiger partial charge in [0.1, 0.15) is 5.82 Å². The van der Waals surface area contributed by atoms with E-state index in [1.807, 2.05) is 19.1 Å². The van der Waals surface area contributed by atoms with Crippen LogP contribution in [0, 0.1) is 17.1 Å². The molecule has 0 aromatic heterocycles. The maximum Gasteiger partial charge on any atom is 0.191 e. The van der Waals surface area contributed by atoms with E-state index in [2.05, 4.69) is 15.6 Å². The Morgan fingerprint density at radius 2 is 2.00 bits per heavy atom. The summed E-state index contributed by atoms with van der Waals surface area (Å²) in [6.07, 6.45) is 0. The summed E-state index contributed by atoms with van der Waals surface area (Å²) in [5.74, 6) is 0.125. The lowest BCUT2D eigenvalue weighted by Crippen LogP contribution is -2.38. The predicted octanol–water partition coefficient (Wildman–Crippen LogP) is 4.43. The molecular formula is C18H17Cl2FN4. The number of benzene rings is 2. The smallest absolute Gasteiger partial charge is 0.191 e. The van der Waals surface area contributed by atoms with Gasteiger partial charge in [-0.1, -0.05) is 29.3 Å². The summed E-state index contributed by atoms with van der Waals surface area (Å²) in [7, 11) is 1.62. The molecule has 0 aliphatic carbocycles. The standard InChI is InChI=1S/C18H17Cl2FN4/c1-11(13-4-5-15(19)16(20)8-13)25-18(23-2)24-10-14-7-12(9-22)3-6-17(14)21/h3-8,11H,10H2,1-2H3,(H2,23,24,25). The highest BCUT2D eigenvalue weighted by Crippen LogP contribution is 2.25. The molecule has 0 saturated carbocycles. The van der Waals surface area contributed by atoms with Gasteiger partial charge in [0.25, 0.3) is 0 Å². The van der Waals surface area contributed by atoms with E-state index in [9.17, 15) is 4.39 Å². The van der Waals surface area contributed by atoms with Crippen LogP contribution in [0.5, 0.6) is 0 Å². The van der Waals surface area contributed by atoms with Gasteiger partial charge in [-0.2, -0.15) is 5.26 Å². The topological polar surface area (TPSA) is 60.2 Å². The molecule has 0 radical (unpaired) electrons. The van der Waals surface area contributed by atoms with Crippen LogP contribution in [0.3, 0.4) is 0 Å². The molecule has 4 nitrogen and oxygen atoms in total. The Morgan fingerprint density at radius 3 is 2.64 bits per heavy atom. The van der Waals surface area contributed by atoms with E-state index >= 15 is 0 Å². The molecule has 0 amide bonds. The molecule has 130 valence electrons. The second-order valence-electron chi connectivity index (χ2n) is 5.38. The van der Waals surface area contributed by atoms with E-state index in [4.69, 9.17) is 28.5 Å². The van der Waals surface area contributed by atoms with Crippen molar-refractivity contribution in [1.29, 1.82) is 5.26 Å². The Kier molecular flexibility index (Phi) is 6.63. The van der Waals surface area contributed by atoms with Crippen LogP contribution < -0.4 is 10.6 Å². The second kappa shape index (κ2) is 8.70. The Hall–Kier alpha value is -2.29. The van der Waals surface area contributed by atoms with Gasteiger partial charge < -0.3 is 10.6 Å². The molecule has 0 spiro atoms. The third kappa shape index (κ3) is 5.09. The number of nitrogens with one attached hydrogen (secondary N) is 2. The second-order valence-corrected chi connectivity index (χ2v) is 6.20. The normalized spacial score (nSPS) is 12.4. The lowest BCUT2D eigenvalue weighted by molar-refractivity contribution is 0.602. The molecule has 25 heavy (non-hydrogen) atoms. The largest absolute Gasteiger partial charge is 0.352 e. The zero-order valence-corrected chi connectivity index (χ0v) is 15.3. The van der Waals surface area contributed by atoms with Crippen molar-refractivity contribution < 1.29 is 4.39 Å². The highest BCUT2D eigenvalue weighted by Gasteiger charge is 2.11. The molecule has 0 heterocycles. The lowest BCUT2D eigenvalue weighted by atomic mass is 10.1. The number of aliphatic imine (C=N–C) groups is 1. The third-order valence-corrected chi connectivity index (χ3v) is 4.38. The third-order valence-electron chi connectivity index (χ3n) is 3.64. The first-order valence-corrected chi connectivity index (χ1v) is 8.31. The summed E-state index contributed by atoms with van der Waals surface area (Å²) in [6.45, 7) is 2.15. The molecule has 1 atom stereocenters. The van der Waals surface area contributed by atoms with Gasteiger partial charge in [0.15, 0.2) is 5.96 Å². The van der Waals surface area contributed by atoms with Crippen molar-refractivity contribution >= 4 is 29.2 Å². The summed E-state index contributed by atoms with van der Waals surface area (Å²) >= 11 is 12.0. The minimum Gasteiger partial charge on any atom is -0.352 e. The highest BCUT2D eigenvalue weighted by atomic mass is 35.5. The molecule has 2 aromatic rings. The van der Waals surface area contributed by atoms with Crippen molar-refractivity contribution in [2.45, 2.75) is 19.5 Å². The lowest BCUT2D eigenvalue weighted by Gasteiger charge is -2.19. The minimum absolute atomic E-state index is 0.0868. The van der Waals surface area contributed by atoms with Crippen LogP contribution in [-0.4, -0.2) is 13.0 Å². The summed E-state index contributed by atoms with van der Waals surface area (Å²) in [5, 5.41) is 16.1. The van der Waals surface area contributed by atoms with E-state index in [0.29, 0.717) is 27.1 Å². The molecule has 0 fully saturated rings. The van der Waals surface area contributed by atoms with Crippen molar-refractivity contribution in [1.82, 2.24) is 10.6 Å². The molecule has 0 saturated heterocycles. The zero-order valence-electron chi connectivity index (χ0n) is 13.8. The Bertz CT molecular complexity index is 830. The zero-order chi connectivity index (χ0) is 18.4. The summed E-state index contributed by atoms with van der Waals surface area (Å²) in [4.78, 5) is 4.13. The molecule has 2 rings (SSSR count). The van der Waals surface area contributed by atoms with Crippen LogP contribution in [0.2, 0.25) is 10.0 Å². The fourth-order valence-corrected chi connectivity index (χ4v) is 2.53. The number of nitrogens with zero attached hydrogens (tertiary/aromatic N) is 2. The van der Waals surface area contributed by atoms with E-state index in [1.165, 1.54) is 18.2 Å². The van der Waals surface area contributed by atoms with Crippen molar-refractivity contribution in [3.05, 3.63) is 69.0 Å². The van der Waals surface area contributed by atoms with Gasteiger partial charge >= 0.3 is 0 Å². The van der Waals surface area contributed by atoms with Gasteiger partial charge in [0, 0.05) is 19.2 Å². The first kappa shape index (κ1) is 19.0. The number of guanidine groups is 1. The monoisotopic (exact) mass is 378 g/mol. The van der Waals surface area contributed by atoms with Crippen molar-refractivity contribution in [2.24, 2.45) is 4.99 Å². The molecule has 2 N–H and O–H groups in total. The Morgan fingerprint density at radius 1 is 1.24 bits per heavy atom.